The molecule has 1 N–H and O–H groups in total. The highest BCUT2D eigenvalue weighted by Crippen LogP contribution is 2.20. The van der Waals surface area contributed by atoms with E-state index in [4.69, 9.17) is 14.2 Å². The van der Waals surface area contributed by atoms with E-state index < -0.39 is 0 Å². The van der Waals surface area contributed by atoms with E-state index in [1.165, 1.54) is 0 Å². The maximum atomic E-state index is 5.50. The molecule has 0 bridgehead atoms. The largest absolute Gasteiger partial charge is 0.490 e. The molecule has 0 aliphatic heterocycles. The molecule has 0 aromatic carbocycles. The van der Waals surface area contributed by atoms with Gasteiger partial charge in [0.25, 0.3) is 0 Å². The Morgan fingerprint density at radius 3 is 2.89 bits per heavy atom. The highest BCUT2D eigenvalue weighted by molar-refractivity contribution is 5.49. The second kappa shape index (κ2) is 10.6. The van der Waals surface area contributed by atoms with Crippen LogP contribution in [0.1, 0.15) is 19.8 Å². The van der Waals surface area contributed by atoms with E-state index in [-0.39, 0.29) is 0 Å². The predicted molar refractivity (Wildman–Crippen MR) is 75.8 cm³/mol. The van der Waals surface area contributed by atoms with Gasteiger partial charge in [0, 0.05) is 26.5 Å². The molecule has 19 heavy (non-hydrogen) atoms. The Kier molecular flexibility index (Phi) is 8.76. The van der Waals surface area contributed by atoms with E-state index in [0.29, 0.717) is 19.8 Å². The van der Waals surface area contributed by atoms with Gasteiger partial charge in [-0.2, -0.15) is 0 Å². The van der Waals surface area contributed by atoms with E-state index in [9.17, 15) is 0 Å². The van der Waals surface area contributed by atoms with Gasteiger partial charge < -0.3 is 19.5 Å². The van der Waals surface area contributed by atoms with Gasteiger partial charge in [-0.15, -0.1) is 0 Å². The van der Waals surface area contributed by atoms with Crippen LogP contribution in [0.4, 0.5) is 5.82 Å². The summed E-state index contributed by atoms with van der Waals surface area (Å²) in [5, 5.41) is 3.28. The van der Waals surface area contributed by atoms with Crippen LogP contribution in [-0.2, 0) is 9.47 Å². The Morgan fingerprint density at radius 2 is 2.11 bits per heavy atom. The highest BCUT2D eigenvalue weighted by Gasteiger charge is 2.02. The SMILES string of the molecule is CCOc1cccnc1NCCCCOCCOC. The van der Waals surface area contributed by atoms with Gasteiger partial charge in [-0.05, 0) is 31.9 Å². The van der Waals surface area contributed by atoms with Gasteiger partial charge in [-0.1, -0.05) is 0 Å². The third kappa shape index (κ3) is 6.98. The van der Waals surface area contributed by atoms with Crippen molar-refractivity contribution in [2.75, 3.05) is 45.4 Å². The molecule has 0 saturated carbocycles. The normalized spacial score (nSPS) is 10.4. The molecular weight excluding hydrogens is 244 g/mol. The maximum Gasteiger partial charge on any atom is 0.168 e. The summed E-state index contributed by atoms with van der Waals surface area (Å²) in [6.45, 7) is 5.57. The molecule has 0 saturated heterocycles. The number of hydrogen-bond donors (Lipinski definition) is 1. The monoisotopic (exact) mass is 268 g/mol. The number of aromatic nitrogens is 1. The lowest BCUT2D eigenvalue weighted by molar-refractivity contribution is 0.0691. The molecule has 0 spiro atoms. The van der Waals surface area contributed by atoms with Crippen LogP contribution >= 0.6 is 0 Å². The van der Waals surface area contributed by atoms with Crippen molar-refractivity contribution in [1.29, 1.82) is 0 Å². The summed E-state index contributed by atoms with van der Waals surface area (Å²) >= 11 is 0. The molecule has 5 nitrogen and oxygen atoms in total. The standard InChI is InChI=1S/C14H24N2O3/c1-3-19-13-7-6-9-16-14(13)15-8-4-5-10-18-12-11-17-2/h6-7,9H,3-5,8,10-12H2,1-2H3,(H,15,16). The summed E-state index contributed by atoms with van der Waals surface area (Å²) in [6, 6.07) is 3.80. The molecular formula is C14H24N2O3. The number of ether oxygens (including phenoxy) is 3. The van der Waals surface area contributed by atoms with E-state index >= 15 is 0 Å². The van der Waals surface area contributed by atoms with E-state index in [1.807, 2.05) is 19.1 Å². The fourth-order valence-corrected chi connectivity index (χ4v) is 1.58. The molecule has 0 fully saturated rings. The molecule has 5 heteroatoms. The molecule has 1 aromatic heterocycles. The van der Waals surface area contributed by atoms with Crippen molar-refractivity contribution in [1.82, 2.24) is 4.98 Å². The Hall–Kier alpha value is -1.33. The predicted octanol–water partition coefficient (Wildman–Crippen LogP) is 2.34. The second-order valence-electron chi connectivity index (χ2n) is 4.02. The first-order chi connectivity index (χ1) is 9.38. The molecule has 0 unspecified atom stereocenters. The Morgan fingerprint density at radius 1 is 1.21 bits per heavy atom. The zero-order valence-electron chi connectivity index (χ0n) is 11.9. The summed E-state index contributed by atoms with van der Waals surface area (Å²) < 4.78 is 15.8. The summed E-state index contributed by atoms with van der Waals surface area (Å²) in [4.78, 5) is 4.27. The molecule has 108 valence electrons. The van der Waals surface area contributed by atoms with Crippen molar-refractivity contribution >= 4 is 5.82 Å². The van der Waals surface area contributed by atoms with Crippen molar-refractivity contribution < 1.29 is 14.2 Å². The van der Waals surface area contributed by atoms with Crippen LogP contribution < -0.4 is 10.1 Å². The van der Waals surface area contributed by atoms with Crippen LogP contribution in [0.2, 0.25) is 0 Å². The van der Waals surface area contributed by atoms with Gasteiger partial charge in [-0.3, -0.25) is 0 Å². The van der Waals surface area contributed by atoms with Crippen molar-refractivity contribution in [3.05, 3.63) is 18.3 Å². The Bertz CT molecular complexity index is 334. The first-order valence-electron chi connectivity index (χ1n) is 6.76. The molecule has 0 atom stereocenters. The molecule has 1 heterocycles. The average molecular weight is 268 g/mol. The van der Waals surface area contributed by atoms with Crippen LogP contribution in [0, 0.1) is 0 Å². The third-order valence-corrected chi connectivity index (χ3v) is 2.51. The fourth-order valence-electron chi connectivity index (χ4n) is 1.58. The maximum absolute atomic E-state index is 5.50. The molecule has 0 aliphatic rings. The lowest BCUT2D eigenvalue weighted by Crippen LogP contribution is -2.08. The lowest BCUT2D eigenvalue weighted by Gasteiger charge is -2.10. The number of hydrogen-bond acceptors (Lipinski definition) is 5. The Labute approximate surface area is 115 Å². The minimum Gasteiger partial charge on any atom is -0.490 e. The smallest absolute Gasteiger partial charge is 0.168 e. The first-order valence-corrected chi connectivity index (χ1v) is 6.76. The van der Waals surface area contributed by atoms with Gasteiger partial charge >= 0.3 is 0 Å². The van der Waals surface area contributed by atoms with E-state index in [2.05, 4.69) is 10.3 Å². The number of anilines is 1. The van der Waals surface area contributed by atoms with Crippen LogP contribution in [-0.4, -0.2) is 45.1 Å². The molecule has 0 amide bonds. The summed E-state index contributed by atoms with van der Waals surface area (Å²) in [5.74, 6) is 1.62. The molecule has 1 rings (SSSR count). The summed E-state index contributed by atoms with van der Waals surface area (Å²) in [7, 11) is 1.68. The van der Waals surface area contributed by atoms with Gasteiger partial charge in [0.15, 0.2) is 11.6 Å². The van der Waals surface area contributed by atoms with Crippen LogP contribution in [0.5, 0.6) is 5.75 Å². The second-order valence-corrected chi connectivity index (χ2v) is 4.02. The minimum absolute atomic E-state index is 0.647. The van der Waals surface area contributed by atoms with Gasteiger partial charge in [0.2, 0.25) is 0 Å². The Balaban J connectivity index is 2.12. The van der Waals surface area contributed by atoms with Gasteiger partial charge in [-0.25, -0.2) is 4.98 Å². The van der Waals surface area contributed by atoms with E-state index in [0.717, 1.165) is 37.6 Å². The number of pyridine rings is 1. The number of nitrogens with zero attached hydrogens (tertiary/aromatic N) is 1. The topological polar surface area (TPSA) is 52.6 Å². The number of nitrogens with one attached hydrogen (secondary N) is 1. The molecule has 1 aromatic rings. The van der Waals surface area contributed by atoms with Crippen LogP contribution in [0.3, 0.4) is 0 Å². The molecule has 0 aliphatic carbocycles. The first kappa shape index (κ1) is 15.7. The van der Waals surface area contributed by atoms with Crippen LogP contribution in [0.25, 0.3) is 0 Å². The average Bonchev–Trinajstić information content (AvgIpc) is 2.44. The number of rotatable bonds is 11. The molecule has 0 radical (unpaired) electrons. The summed E-state index contributed by atoms with van der Waals surface area (Å²) in [5.41, 5.74) is 0. The fraction of sp³-hybridized carbons (Fsp3) is 0.643. The van der Waals surface area contributed by atoms with E-state index in [1.54, 1.807) is 13.3 Å². The number of methoxy groups -OCH3 is 1. The van der Waals surface area contributed by atoms with Gasteiger partial charge in [0.1, 0.15) is 0 Å². The van der Waals surface area contributed by atoms with Crippen molar-refractivity contribution in [2.45, 2.75) is 19.8 Å². The quantitative estimate of drug-likeness (QED) is 0.624. The van der Waals surface area contributed by atoms with Crippen molar-refractivity contribution in [2.24, 2.45) is 0 Å². The summed E-state index contributed by atoms with van der Waals surface area (Å²) in [6.07, 6.45) is 3.82. The number of unbranched alkanes of at least 4 members (excludes halogenated alkanes) is 1. The zero-order chi connectivity index (χ0) is 13.8. The zero-order valence-corrected chi connectivity index (χ0v) is 11.9. The third-order valence-electron chi connectivity index (χ3n) is 2.51. The van der Waals surface area contributed by atoms with Gasteiger partial charge in [0.05, 0.1) is 19.8 Å². The van der Waals surface area contributed by atoms with Crippen LogP contribution in [0.15, 0.2) is 18.3 Å². The minimum atomic E-state index is 0.647. The lowest BCUT2D eigenvalue weighted by atomic mass is 10.3. The van der Waals surface area contributed by atoms with Crippen molar-refractivity contribution in [3.8, 4) is 5.75 Å². The van der Waals surface area contributed by atoms with Crippen molar-refractivity contribution in [3.63, 3.8) is 0 Å². The highest BCUT2D eigenvalue weighted by atomic mass is 16.5.